The predicted octanol–water partition coefficient (Wildman–Crippen LogP) is 2.02. The zero-order valence-electron chi connectivity index (χ0n) is 11.6. The lowest BCUT2D eigenvalue weighted by atomic mass is 9.96. The minimum atomic E-state index is -0.950. The zero-order chi connectivity index (χ0) is 14.5. The Balaban J connectivity index is 1.93. The Morgan fingerprint density at radius 3 is 2.85 bits per heavy atom. The van der Waals surface area contributed by atoms with Crippen LogP contribution >= 0.6 is 0 Å². The molecule has 0 bridgehead atoms. The molecule has 3 N–H and O–H groups in total. The van der Waals surface area contributed by atoms with Gasteiger partial charge in [0, 0.05) is 12.1 Å². The summed E-state index contributed by atoms with van der Waals surface area (Å²) in [5, 5.41) is 15.1. The van der Waals surface area contributed by atoms with Crippen LogP contribution in [0.15, 0.2) is 18.2 Å². The second-order valence-electron chi connectivity index (χ2n) is 5.30. The van der Waals surface area contributed by atoms with E-state index in [0.717, 1.165) is 25.9 Å². The molecule has 0 saturated carbocycles. The van der Waals surface area contributed by atoms with Gasteiger partial charge in [0.2, 0.25) is 5.91 Å². The fourth-order valence-corrected chi connectivity index (χ4v) is 2.55. The lowest BCUT2D eigenvalue weighted by Gasteiger charge is -2.22. The van der Waals surface area contributed by atoms with Crippen molar-refractivity contribution in [3.8, 4) is 0 Å². The van der Waals surface area contributed by atoms with Crippen LogP contribution in [-0.4, -0.2) is 30.1 Å². The number of carboxylic acids is 1. The summed E-state index contributed by atoms with van der Waals surface area (Å²) in [6.07, 6.45) is 2.70. The smallest absolute Gasteiger partial charge is 0.335 e. The first-order valence-corrected chi connectivity index (χ1v) is 6.91. The number of hydrogen-bond donors (Lipinski definition) is 3. The molecule has 0 aromatic heterocycles. The van der Waals surface area contributed by atoms with Crippen LogP contribution in [-0.2, 0) is 4.79 Å². The molecular weight excluding hydrogens is 256 g/mol. The van der Waals surface area contributed by atoms with Gasteiger partial charge in [0.05, 0.1) is 5.56 Å². The Morgan fingerprint density at radius 2 is 2.25 bits per heavy atom. The molecule has 1 saturated heterocycles. The van der Waals surface area contributed by atoms with Crippen LogP contribution in [0.2, 0.25) is 0 Å². The number of hydrogen-bond acceptors (Lipinski definition) is 3. The van der Waals surface area contributed by atoms with Crippen molar-refractivity contribution >= 4 is 17.6 Å². The van der Waals surface area contributed by atoms with Crippen LogP contribution in [0.1, 0.15) is 35.2 Å². The molecule has 1 unspecified atom stereocenters. The molecule has 1 aromatic rings. The van der Waals surface area contributed by atoms with E-state index in [1.165, 1.54) is 6.07 Å². The fourth-order valence-electron chi connectivity index (χ4n) is 2.55. The molecule has 20 heavy (non-hydrogen) atoms. The monoisotopic (exact) mass is 276 g/mol. The van der Waals surface area contributed by atoms with Crippen LogP contribution in [0.4, 0.5) is 5.69 Å². The summed E-state index contributed by atoms with van der Waals surface area (Å²) in [5.74, 6) is -0.571. The summed E-state index contributed by atoms with van der Waals surface area (Å²) in [7, 11) is 0. The van der Waals surface area contributed by atoms with E-state index in [0.29, 0.717) is 23.6 Å². The standard InChI is InChI=1S/C15H20N2O3/c1-10-7-12(4-5-13(10)15(19)20)17-14(18)8-11-3-2-6-16-9-11/h4-5,7,11,16H,2-3,6,8-9H2,1H3,(H,17,18)(H,19,20). The average Bonchev–Trinajstić information content (AvgIpc) is 2.39. The lowest BCUT2D eigenvalue weighted by Crippen LogP contribution is -2.32. The van der Waals surface area contributed by atoms with Crippen LogP contribution in [0.3, 0.4) is 0 Å². The SMILES string of the molecule is Cc1cc(NC(=O)CC2CCCNC2)ccc1C(=O)O. The highest BCUT2D eigenvalue weighted by Crippen LogP contribution is 2.18. The van der Waals surface area contributed by atoms with Gasteiger partial charge < -0.3 is 15.7 Å². The molecule has 0 radical (unpaired) electrons. The number of carbonyl (C=O) groups excluding carboxylic acids is 1. The first kappa shape index (κ1) is 14.5. The number of anilines is 1. The number of nitrogens with one attached hydrogen (secondary N) is 2. The quantitative estimate of drug-likeness (QED) is 0.786. The van der Waals surface area contributed by atoms with Crippen molar-refractivity contribution in [3.63, 3.8) is 0 Å². The molecule has 2 rings (SSSR count). The molecule has 1 aromatic carbocycles. The molecule has 0 spiro atoms. The Morgan fingerprint density at radius 1 is 1.45 bits per heavy atom. The van der Waals surface area contributed by atoms with Crippen molar-refractivity contribution < 1.29 is 14.7 Å². The second-order valence-corrected chi connectivity index (χ2v) is 5.30. The number of piperidine rings is 1. The number of rotatable bonds is 4. The second kappa shape index (κ2) is 6.52. The van der Waals surface area contributed by atoms with Crippen molar-refractivity contribution in [2.75, 3.05) is 18.4 Å². The van der Waals surface area contributed by atoms with Gasteiger partial charge in [0.15, 0.2) is 0 Å². The van der Waals surface area contributed by atoms with E-state index >= 15 is 0 Å². The molecule has 1 aliphatic rings. The summed E-state index contributed by atoms with van der Waals surface area (Å²) in [6, 6.07) is 4.85. The molecule has 1 fully saturated rings. The molecule has 1 heterocycles. The fraction of sp³-hybridized carbons (Fsp3) is 0.467. The van der Waals surface area contributed by atoms with Crippen molar-refractivity contribution in [3.05, 3.63) is 29.3 Å². The van der Waals surface area contributed by atoms with E-state index in [-0.39, 0.29) is 11.5 Å². The Labute approximate surface area is 118 Å². The van der Waals surface area contributed by atoms with E-state index in [1.54, 1.807) is 19.1 Å². The van der Waals surface area contributed by atoms with Gasteiger partial charge in [-0.05, 0) is 62.5 Å². The Kier molecular flexibility index (Phi) is 4.74. The number of aromatic carboxylic acids is 1. The van der Waals surface area contributed by atoms with Gasteiger partial charge in [-0.2, -0.15) is 0 Å². The molecule has 1 aliphatic heterocycles. The molecular formula is C15H20N2O3. The highest BCUT2D eigenvalue weighted by Gasteiger charge is 2.17. The largest absolute Gasteiger partial charge is 0.478 e. The topological polar surface area (TPSA) is 78.4 Å². The van der Waals surface area contributed by atoms with Gasteiger partial charge in [-0.3, -0.25) is 4.79 Å². The van der Waals surface area contributed by atoms with Crippen LogP contribution in [0.25, 0.3) is 0 Å². The highest BCUT2D eigenvalue weighted by molar-refractivity contribution is 5.93. The van der Waals surface area contributed by atoms with E-state index in [1.807, 2.05) is 0 Å². The maximum absolute atomic E-state index is 12.0. The van der Waals surface area contributed by atoms with Gasteiger partial charge >= 0.3 is 5.97 Å². The van der Waals surface area contributed by atoms with Gasteiger partial charge in [-0.1, -0.05) is 0 Å². The number of benzene rings is 1. The summed E-state index contributed by atoms with van der Waals surface area (Å²) in [6.45, 7) is 3.66. The summed E-state index contributed by atoms with van der Waals surface area (Å²) in [4.78, 5) is 22.9. The lowest BCUT2D eigenvalue weighted by molar-refractivity contribution is -0.117. The minimum Gasteiger partial charge on any atom is -0.478 e. The molecule has 0 aliphatic carbocycles. The molecule has 108 valence electrons. The molecule has 1 atom stereocenters. The van der Waals surface area contributed by atoms with Gasteiger partial charge in [-0.15, -0.1) is 0 Å². The summed E-state index contributed by atoms with van der Waals surface area (Å²) in [5.41, 5.74) is 1.57. The minimum absolute atomic E-state index is 0.0128. The third-order valence-electron chi connectivity index (χ3n) is 3.61. The first-order valence-electron chi connectivity index (χ1n) is 6.91. The van der Waals surface area contributed by atoms with E-state index < -0.39 is 5.97 Å². The number of carbonyl (C=O) groups is 2. The van der Waals surface area contributed by atoms with Crippen molar-refractivity contribution in [2.45, 2.75) is 26.2 Å². The Bertz CT molecular complexity index is 508. The van der Waals surface area contributed by atoms with Crippen molar-refractivity contribution in [1.82, 2.24) is 5.32 Å². The maximum atomic E-state index is 12.0. The molecule has 1 amide bonds. The van der Waals surface area contributed by atoms with Crippen LogP contribution in [0, 0.1) is 12.8 Å². The number of aryl methyl sites for hydroxylation is 1. The van der Waals surface area contributed by atoms with Crippen LogP contribution in [0.5, 0.6) is 0 Å². The zero-order valence-corrected chi connectivity index (χ0v) is 11.6. The molecule has 5 heteroatoms. The van der Waals surface area contributed by atoms with Crippen molar-refractivity contribution in [2.24, 2.45) is 5.92 Å². The van der Waals surface area contributed by atoms with E-state index in [4.69, 9.17) is 5.11 Å². The summed E-state index contributed by atoms with van der Waals surface area (Å²) >= 11 is 0. The number of amides is 1. The third-order valence-corrected chi connectivity index (χ3v) is 3.61. The van der Waals surface area contributed by atoms with E-state index in [2.05, 4.69) is 10.6 Å². The van der Waals surface area contributed by atoms with Crippen molar-refractivity contribution in [1.29, 1.82) is 0 Å². The third kappa shape index (κ3) is 3.81. The Hall–Kier alpha value is -1.88. The number of carboxylic acid groups (broad SMARTS) is 1. The molecule has 5 nitrogen and oxygen atoms in total. The summed E-state index contributed by atoms with van der Waals surface area (Å²) < 4.78 is 0. The highest BCUT2D eigenvalue weighted by atomic mass is 16.4. The first-order chi connectivity index (χ1) is 9.56. The van der Waals surface area contributed by atoms with Gasteiger partial charge in [-0.25, -0.2) is 4.79 Å². The van der Waals surface area contributed by atoms with Gasteiger partial charge in [0.25, 0.3) is 0 Å². The normalized spacial score (nSPS) is 18.6. The predicted molar refractivity (Wildman–Crippen MR) is 77.0 cm³/mol. The average molecular weight is 276 g/mol. The van der Waals surface area contributed by atoms with E-state index in [9.17, 15) is 9.59 Å². The van der Waals surface area contributed by atoms with Crippen LogP contribution < -0.4 is 10.6 Å². The van der Waals surface area contributed by atoms with Gasteiger partial charge in [0.1, 0.15) is 0 Å². The maximum Gasteiger partial charge on any atom is 0.335 e.